The van der Waals surface area contributed by atoms with Crippen molar-refractivity contribution in [2.45, 2.75) is 6.04 Å². The number of nitrogens with zero attached hydrogens (tertiary/aromatic N) is 1. The fourth-order valence-electron chi connectivity index (χ4n) is 1.30. The van der Waals surface area contributed by atoms with Gasteiger partial charge in [-0.25, -0.2) is 0 Å². The van der Waals surface area contributed by atoms with E-state index in [4.69, 9.17) is 11.6 Å². The van der Waals surface area contributed by atoms with Crippen molar-refractivity contribution in [1.29, 1.82) is 0 Å². The lowest BCUT2D eigenvalue weighted by atomic mass is 10.2. The van der Waals surface area contributed by atoms with Crippen LogP contribution in [0.1, 0.15) is 11.6 Å². The molecule has 2 rings (SSSR count). The molecule has 11 heavy (non-hydrogen) atoms. The smallest absolute Gasteiger partial charge is 0.0473 e. The number of hydrogen-bond donors (Lipinski definition) is 0. The predicted molar refractivity (Wildman–Crippen MR) is 46.8 cm³/mol. The Kier molecular flexibility index (Phi) is 1.63. The van der Waals surface area contributed by atoms with Crippen molar-refractivity contribution in [3.05, 3.63) is 34.9 Å². The Bertz CT molecular complexity index is 272. The average molecular weight is 168 g/mol. The lowest BCUT2D eigenvalue weighted by molar-refractivity contribution is 0.631. The van der Waals surface area contributed by atoms with Crippen molar-refractivity contribution < 1.29 is 0 Å². The molecule has 2 atom stereocenters. The van der Waals surface area contributed by atoms with Gasteiger partial charge in [0.1, 0.15) is 0 Å². The molecule has 58 valence electrons. The zero-order chi connectivity index (χ0) is 7.84. The maximum atomic E-state index is 5.85. The number of benzene rings is 1. The van der Waals surface area contributed by atoms with Crippen LogP contribution in [0.3, 0.4) is 0 Å². The van der Waals surface area contributed by atoms with Gasteiger partial charge in [-0.05, 0) is 24.7 Å². The van der Waals surface area contributed by atoms with Gasteiger partial charge < -0.3 is 0 Å². The fraction of sp³-hybridized carbons (Fsp3) is 0.333. The Hall–Kier alpha value is -0.530. The summed E-state index contributed by atoms with van der Waals surface area (Å²) in [7, 11) is 2.12. The van der Waals surface area contributed by atoms with Crippen LogP contribution in [0.25, 0.3) is 0 Å². The summed E-state index contributed by atoms with van der Waals surface area (Å²) in [6.45, 7) is 1.17. The van der Waals surface area contributed by atoms with Crippen LogP contribution in [-0.4, -0.2) is 18.5 Å². The number of hydrogen-bond acceptors (Lipinski definition) is 1. The molecule has 1 aliphatic rings. The number of halogens is 1. The number of rotatable bonds is 1. The summed E-state index contributed by atoms with van der Waals surface area (Å²) < 4.78 is 0. The molecule has 1 aromatic carbocycles. The van der Waals surface area contributed by atoms with Crippen LogP contribution in [0.5, 0.6) is 0 Å². The van der Waals surface area contributed by atoms with Crippen molar-refractivity contribution in [3.63, 3.8) is 0 Å². The van der Waals surface area contributed by atoms with Crippen molar-refractivity contribution in [3.8, 4) is 0 Å². The molecule has 1 aromatic rings. The molecular formula is C9H10ClN. The molecule has 1 saturated heterocycles. The largest absolute Gasteiger partial charge is 0.296 e. The molecule has 1 heterocycles. The third-order valence-corrected chi connectivity index (χ3v) is 2.33. The Balaban J connectivity index is 2.25. The molecule has 1 aliphatic heterocycles. The highest BCUT2D eigenvalue weighted by Gasteiger charge is 2.30. The van der Waals surface area contributed by atoms with Gasteiger partial charge in [-0.2, -0.15) is 0 Å². The first kappa shape index (κ1) is 7.14. The zero-order valence-electron chi connectivity index (χ0n) is 6.42. The minimum absolute atomic E-state index is 0.619. The second-order valence-corrected chi connectivity index (χ2v) is 3.45. The molecule has 2 heteroatoms. The third kappa shape index (κ3) is 1.39. The van der Waals surface area contributed by atoms with Crippen LogP contribution in [0, 0.1) is 0 Å². The first-order valence-corrected chi connectivity index (χ1v) is 4.11. The van der Waals surface area contributed by atoms with Crippen LogP contribution >= 0.6 is 11.6 Å². The molecule has 0 amide bonds. The molecule has 0 N–H and O–H groups in total. The van der Waals surface area contributed by atoms with E-state index in [2.05, 4.69) is 18.0 Å². The molecule has 0 bridgehead atoms. The van der Waals surface area contributed by atoms with Gasteiger partial charge in [0.2, 0.25) is 0 Å². The molecule has 0 aromatic heterocycles. The van der Waals surface area contributed by atoms with Crippen molar-refractivity contribution in [2.75, 3.05) is 13.6 Å². The van der Waals surface area contributed by atoms with Crippen molar-refractivity contribution in [1.82, 2.24) is 4.90 Å². The van der Waals surface area contributed by atoms with E-state index >= 15 is 0 Å². The highest BCUT2D eigenvalue weighted by molar-refractivity contribution is 6.30. The fourth-order valence-corrected chi connectivity index (χ4v) is 1.50. The summed E-state index contributed by atoms with van der Waals surface area (Å²) in [4.78, 5) is 2.28. The molecule has 0 saturated carbocycles. The van der Waals surface area contributed by atoms with Gasteiger partial charge in [0.05, 0.1) is 0 Å². The molecule has 0 aliphatic carbocycles. The van der Waals surface area contributed by atoms with E-state index < -0.39 is 0 Å². The Morgan fingerprint density at radius 3 is 2.82 bits per heavy atom. The molecule has 1 nitrogen and oxygen atoms in total. The van der Waals surface area contributed by atoms with Gasteiger partial charge in [-0.3, -0.25) is 4.90 Å². The normalized spacial score (nSPS) is 28.5. The minimum Gasteiger partial charge on any atom is -0.296 e. The summed E-state index contributed by atoms with van der Waals surface area (Å²) in [5.74, 6) is 0. The maximum absolute atomic E-state index is 5.85. The van der Waals surface area contributed by atoms with Gasteiger partial charge in [-0.15, -0.1) is 0 Å². The van der Waals surface area contributed by atoms with Gasteiger partial charge >= 0.3 is 0 Å². The maximum Gasteiger partial charge on any atom is 0.0473 e. The lowest BCUT2D eigenvalue weighted by Crippen LogP contribution is -1.86. The minimum atomic E-state index is 0.619. The number of likely N-dealkylation sites (N-methyl/N-ethyl adjacent to an activating group) is 1. The Morgan fingerprint density at radius 2 is 2.27 bits per heavy atom. The molecule has 2 unspecified atom stereocenters. The monoisotopic (exact) mass is 167 g/mol. The molecule has 1 fully saturated rings. The van der Waals surface area contributed by atoms with E-state index in [1.807, 2.05) is 18.2 Å². The van der Waals surface area contributed by atoms with Crippen molar-refractivity contribution in [2.24, 2.45) is 0 Å². The van der Waals surface area contributed by atoms with Crippen LogP contribution in [-0.2, 0) is 0 Å². The second kappa shape index (κ2) is 2.50. The summed E-state index contributed by atoms with van der Waals surface area (Å²) in [6.07, 6.45) is 0. The third-order valence-electron chi connectivity index (χ3n) is 2.09. The first-order chi connectivity index (χ1) is 5.27. The molecular weight excluding hydrogens is 158 g/mol. The Morgan fingerprint density at radius 1 is 1.55 bits per heavy atom. The molecule has 0 spiro atoms. The van der Waals surface area contributed by atoms with Gasteiger partial charge in [0, 0.05) is 17.6 Å². The van der Waals surface area contributed by atoms with Crippen LogP contribution < -0.4 is 0 Å². The molecule has 0 radical (unpaired) electrons. The SMILES string of the molecule is CN1CC1c1cccc(Cl)c1. The van der Waals surface area contributed by atoms with Crippen LogP contribution in [0.4, 0.5) is 0 Å². The van der Waals surface area contributed by atoms with Gasteiger partial charge in [0.15, 0.2) is 0 Å². The highest BCUT2D eigenvalue weighted by atomic mass is 35.5. The van der Waals surface area contributed by atoms with Gasteiger partial charge in [0.25, 0.3) is 0 Å². The quantitative estimate of drug-likeness (QED) is 0.581. The Labute approximate surface area is 71.6 Å². The zero-order valence-corrected chi connectivity index (χ0v) is 7.17. The lowest BCUT2D eigenvalue weighted by Gasteiger charge is -1.97. The van der Waals surface area contributed by atoms with E-state index in [9.17, 15) is 0 Å². The topological polar surface area (TPSA) is 3.01 Å². The van der Waals surface area contributed by atoms with E-state index in [0.29, 0.717) is 6.04 Å². The summed E-state index contributed by atoms with van der Waals surface area (Å²) in [5, 5.41) is 0.836. The summed E-state index contributed by atoms with van der Waals surface area (Å²) >= 11 is 5.85. The van der Waals surface area contributed by atoms with Gasteiger partial charge in [-0.1, -0.05) is 23.7 Å². The standard InChI is InChI=1S/C9H10ClN/c1-11-6-9(11)7-3-2-4-8(10)5-7/h2-5,9H,6H2,1H3. The van der Waals surface area contributed by atoms with E-state index in [0.717, 1.165) is 5.02 Å². The predicted octanol–water partition coefficient (Wildman–Crippen LogP) is 2.33. The van der Waals surface area contributed by atoms with E-state index in [1.54, 1.807) is 0 Å². The first-order valence-electron chi connectivity index (χ1n) is 3.73. The van der Waals surface area contributed by atoms with E-state index in [1.165, 1.54) is 12.1 Å². The second-order valence-electron chi connectivity index (χ2n) is 3.01. The van der Waals surface area contributed by atoms with Crippen molar-refractivity contribution >= 4 is 11.6 Å². The average Bonchev–Trinajstić information content (AvgIpc) is 2.67. The van der Waals surface area contributed by atoms with Crippen LogP contribution in [0.2, 0.25) is 5.02 Å². The summed E-state index contributed by atoms with van der Waals surface area (Å²) in [6, 6.07) is 8.70. The highest BCUT2D eigenvalue weighted by Crippen LogP contribution is 2.33. The summed E-state index contributed by atoms with van der Waals surface area (Å²) in [5.41, 5.74) is 1.33. The van der Waals surface area contributed by atoms with Crippen LogP contribution in [0.15, 0.2) is 24.3 Å². The van der Waals surface area contributed by atoms with E-state index in [-0.39, 0.29) is 0 Å².